The minimum atomic E-state index is -1.43. The molecule has 0 spiro atoms. The minimum absolute atomic E-state index is 0.0200. The first-order valence-electron chi connectivity index (χ1n) is 25.4. The van der Waals surface area contributed by atoms with Crippen LogP contribution in [0.4, 0.5) is 30.1 Å². The fourth-order valence-electron chi connectivity index (χ4n) is 11.4. The number of esters is 1. The third-order valence-corrected chi connectivity index (χ3v) is 17.1. The zero-order chi connectivity index (χ0) is 54.2. The van der Waals surface area contributed by atoms with E-state index in [1.54, 1.807) is 42.2 Å². The van der Waals surface area contributed by atoms with Crippen LogP contribution in [0.1, 0.15) is 74.8 Å². The lowest BCUT2D eigenvalue weighted by atomic mass is 9.95. The van der Waals surface area contributed by atoms with Gasteiger partial charge in [-0.05, 0) is 93.7 Å². The number of cyclic esters (lactones) is 1. The zero-order valence-corrected chi connectivity index (χ0v) is 44.6. The molecular weight excluding hydrogens is 1050 g/mol. The predicted octanol–water partition coefficient (Wildman–Crippen LogP) is 9.97. The number of nitrogens with two attached hydrogens (primary N) is 1. The van der Waals surface area contributed by atoms with Crippen molar-refractivity contribution in [1.29, 1.82) is 5.26 Å². The molecule has 2 unspecified atom stereocenters. The number of nitrogen functional groups attached to an aromatic ring is 1. The third kappa shape index (κ3) is 8.85. The number of fused-ring (bicyclic) bond motifs is 8. The van der Waals surface area contributed by atoms with E-state index in [9.17, 15) is 24.8 Å². The number of aliphatic hydroxyl groups excluding tert-OH is 1. The fourth-order valence-corrected chi connectivity index (χ4v) is 13.0. The second kappa shape index (κ2) is 20.2. The molecule has 2 atom stereocenters. The van der Waals surface area contributed by atoms with Crippen LogP contribution in [-0.4, -0.2) is 110 Å². The average Bonchev–Trinajstić information content (AvgIpc) is 4.38. The summed E-state index contributed by atoms with van der Waals surface area (Å²) in [6, 6.07) is 15.0. The van der Waals surface area contributed by atoms with Crippen LogP contribution in [-0.2, 0) is 32.2 Å². The van der Waals surface area contributed by atoms with E-state index in [2.05, 4.69) is 21.8 Å². The van der Waals surface area contributed by atoms with Gasteiger partial charge in [0.1, 0.15) is 52.2 Å². The van der Waals surface area contributed by atoms with Gasteiger partial charge in [-0.25, -0.2) is 23.4 Å². The lowest BCUT2D eigenvalue weighted by Gasteiger charge is -2.36. The van der Waals surface area contributed by atoms with Gasteiger partial charge in [0.2, 0.25) is 0 Å². The lowest BCUT2D eigenvalue weighted by Crippen LogP contribution is -2.50. The number of carbonyl (C=O) groups excluding carboxylic acids is 3. The van der Waals surface area contributed by atoms with Crippen molar-refractivity contribution in [3.63, 3.8) is 0 Å². The van der Waals surface area contributed by atoms with Gasteiger partial charge in [0.05, 0.1) is 49.8 Å². The van der Waals surface area contributed by atoms with E-state index in [-0.39, 0.29) is 97.6 Å². The summed E-state index contributed by atoms with van der Waals surface area (Å²) in [7, 11) is 0. The maximum atomic E-state index is 17.3. The Bertz CT molecular complexity index is 3770. The van der Waals surface area contributed by atoms with Crippen LogP contribution in [0, 0.1) is 27.6 Å². The van der Waals surface area contributed by atoms with Gasteiger partial charge in [0.15, 0.2) is 11.9 Å². The number of rotatable bonds is 9. The van der Waals surface area contributed by atoms with Crippen molar-refractivity contribution < 1.29 is 42.5 Å². The number of aromatic nitrogens is 4. The molecule has 5 aliphatic heterocycles. The van der Waals surface area contributed by atoms with Crippen molar-refractivity contribution in [3.8, 4) is 34.6 Å². The predicted molar refractivity (Wildman–Crippen MR) is 291 cm³/mol. The smallest absolute Gasteiger partial charge is 0.412 e. The van der Waals surface area contributed by atoms with Crippen molar-refractivity contribution >= 4 is 102 Å². The second-order valence-electron chi connectivity index (χ2n) is 19.5. The SMILES string of the molecule is C=C(C(=O)N1CCN(c2nc(OCC34CCCN3CCC4)nc3c(F)c(-c4ccc(F)c5sc(N)c(C#N)c45)c(Cl)cc23)CC1)C(C)OC(=O)Nc1ccc2nc3c(cc2c1)Cn1c-3cc2c(c1=S)COC(=O)C2O.CC. The highest BCUT2D eigenvalue weighted by Crippen LogP contribution is 2.47. The quantitative estimate of drug-likeness (QED) is 0.0697. The molecule has 0 bridgehead atoms. The van der Waals surface area contributed by atoms with Crippen LogP contribution >= 0.6 is 35.2 Å². The van der Waals surface area contributed by atoms with Crippen molar-refractivity contribution in [2.45, 2.75) is 77.4 Å². The highest BCUT2D eigenvalue weighted by Gasteiger charge is 2.45. The number of halogens is 3. The number of hydrogen-bond donors (Lipinski definition) is 3. The number of amides is 2. The Morgan fingerprint density at radius 3 is 2.57 bits per heavy atom. The van der Waals surface area contributed by atoms with E-state index in [4.69, 9.17) is 53.7 Å². The number of nitrogens with zero attached hydrogens (tertiary/aromatic N) is 8. The number of carbonyl (C=O) groups is 3. The summed E-state index contributed by atoms with van der Waals surface area (Å²) in [5, 5.41) is 24.5. The molecule has 3 fully saturated rings. The number of pyridine rings is 2. The molecule has 2 amide bonds. The van der Waals surface area contributed by atoms with Crippen molar-refractivity contribution in [2.75, 3.05) is 61.8 Å². The maximum absolute atomic E-state index is 17.3. The number of nitrogens with one attached hydrogen (secondary N) is 1. The molecule has 0 radical (unpaired) electrons. The first-order chi connectivity index (χ1) is 37.1. The minimum Gasteiger partial charge on any atom is -0.461 e. The number of anilines is 3. The summed E-state index contributed by atoms with van der Waals surface area (Å²) in [5.41, 5.74) is 10.3. The van der Waals surface area contributed by atoms with E-state index in [0.29, 0.717) is 57.3 Å². The summed E-state index contributed by atoms with van der Waals surface area (Å²) in [5.74, 6) is -2.22. The molecule has 4 aromatic heterocycles. The van der Waals surface area contributed by atoms with Crippen molar-refractivity contribution in [1.82, 2.24) is 29.3 Å². The zero-order valence-electron chi connectivity index (χ0n) is 42.2. The lowest BCUT2D eigenvalue weighted by molar-refractivity contribution is -0.157. The summed E-state index contributed by atoms with van der Waals surface area (Å²) < 4.78 is 52.1. The van der Waals surface area contributed by atoms with Gasteiger partial charge in [0.25, 0.3) is 5.91 Å². The fraction of sp³-hybridized carbons (Fsp3) is 0.345. The summed E-state index contributed by atoms with van der Waals surface area (Å²) in [4.78, 5) is 59.6. The van der Waals surface area contributed by atoms with Gasteiger partial charge in [-0.3, -0.25) is 15.0 Å². The standard InChI is InChI=1S/C53H45ClF2N10O7S2.C2H6/c1-25(26(2)73-52(70)59-29-5-8-37-27(18-29)17-28-22-66-38(42(28)60-37)20-31-34(49(66)74)23-71-50(69)44(31)67)48(68)64-15-13-63(14-16-64)47-32-19-35(54)40(30-6-7-36(55)45-39(30)33(21-57)46(58)75-45)41(56)43(32)61-51(62-47)72-24-53-9-3-11-65(53)12-4-10-53;1-2/h5-8,17-20,26,44,67H,1,3-4,9-16,22-24,58H2,2H3,(H,59,70);1-2H3. The molecule has 9 heterocycles. The number of ether oxygens (including phenoxy) is 3. The molecule has 22 heteroatoms. The summed E-state index contributed by atoms with van der Waals surface area (Å²) >= 11 is 13.6. The molecule has 0 saturated carbocycles. The normalized spacial score (nSPS) is 17.7. The van der Waals surface area contributed by atoms with Crippen molar-refractivity contribution in [3.05, 3.63) is 104 Å². The van der Waals surface area contributed by atoms with Crippen molar-refractivity contribution in [2.24, 2.45) is 0 Å². The van der Waals surface area contributed by atoms with E-state index >= 15 is 8.78 Å². The topological polar surface area (TPSA) is 214 Å². The van der Waals surface area contributed by atoms with Gasteiger partial charge < -0.3 is 39.4 Å². The maximum Gasteiger partial charge on any atom is 0.412 e. The Morgan fingerprint density at radius 2 is 1.83 bits per heavy atom. The molecule has 3 saturated heterocycles. The highest BCUT2D eigenvalue weighted by atomic mass is 35.5. The Balaban J connectivity index is 0.00000312. The molecule has 3 aromatic carbocycles. The molecule has 396 valence electrons. The Morgan fingerprint density at radius 1 is 1.08 bits per heavy atom. The number of nitriles is 1. The number of aliphatic hydroxyl groups is 1. The summed E-state index contributed by atoms with van der Waals surface area (Å²) in [6.07, 6.45) is 0.751. The molecule has 4 N–H and O–H groups in total. The van der Waals surface area contributed by atoms with Crippen LogP contribution in [0.3, 0.4) is 0 Å². The first kappa shape index (κ1) is 51.7. The summed E-state index contributed by atoms with van der Waals surface area (Å²) in [6.45, 7) is 13.2. The van der Waals surface area contributed by atoms with Crippen LogP contribution in [0.2, 0.25) is 5.02 Å². The molecule has 7 aromatic rings. The van der Waals surface area contributed by atoms with Gasteiger partial charge >= 0.3 is 18.1 Å². The van der Waals surface area contributed by atoms with Gasteiger partial charge in [-0.15, -0.1) is 11.3 Å². The third-order valence-electron chi connectivity index (χ3n) is 15.3. The van der Waals surface area contributed by atoms with Gasteiger partial charge in [0, 0.05) is 70.3 Å². The molecular formula is C55H51ClF2N10O7S2. The Hall–Kier alpha value is -7.35. The number of thiophene rings is 1. The van der Waals surface area contributed by atoms with Crippen LogP contribution < -0.4 is 20.7 Å². The van der Waals surface area contributed by atoms with E-state index < -0.39 is 41.8 Å². The van der Waals surface area contributed by atoms with E-state index in [1.807, 2.05) is 35.5 Å². The first-order valence-corrected chi connectivity index (χ1v) is 27.0. The van der Waals surface area contributed by atoms with Gasteiger partial charge in [-0.2, -0.15) is 15.2 Å². The van der Waals surface area contributed by atoms with Crippen LogP contribution in [0.25, 0.3) is 54.4 Å². The molecule has 0 aliphatic carbocycles. The largest absolute Gasteiger partial charge is 0.461 e. The Kier molecular flexibility index (Phi) is 13.6. The molecule has 12 rings (SSSR count). The highest BCUT2D eigenvalue weighted by molar-refractivity contribution is 7.71. The Labute approximate surface area is 454 Å². The van der Waals surface area contributed by atoms with Crippen LogP contribution in [0.15, 0.2) is 60.7 Å². The van der Waals surface area contributed by atoms with E-state index in [0.717, 1.165) is 61.1 Å². The average molecular weight is 1100 g/mol. The molecule has 77 heavy (non-hydrogen) atoms. The van der Waals surface area contributed by atoms with E-state index in [1.165, 1.54) is 12.1 Å². The molecule has 17 nitrogen and oxygen atoms in total. The number of benzene rings is 3. The monoisotopic (exact) mass is 1100 g/mol. The van der Waals surface area contributed by atoms with Gasteiger partial charge in [-0.1, -0.05) is 50.3 Å². The van der Waals surface area contributed by atoms with Crippen LogP contribution in [0.5, 0.6) is 6.01 Å². The number of piperazine rings is 1. The second-order valence-corrected chi connectivity index (χ2v) is 21.3. The number of hydrogen-bond acceptors (Lipinski definition) is 16. The molecule has 5 aliphatic rings.